The van der Waals surface area contributed by atoms with E-state index < -0.39 is 11.7 Å². The van der Waals surface area contributed by atoms with Gasteiger partial charge in [-0.05, 0) is 38.0 Å². The number of rotatable bonds is 7. The van der Waals surface area contributed by atoms with Gasteiger partial charge in [0.05, 0.1) is 32.6 Å². The van der Waals surface area contributed by atoms with Gasteiger partial charge in [-0.2, -0.15) is 5.10 Å². The average Bonchev–Trinajstić information content (AvgIpc) is 3.13. The number of anilines is 1. The van der Waals surface area contributed by atoms with Gasteiger partial charge >= 0.3 is 0 Å². The van der Waals surface area contributed by atoms with Crippen LogP contribution in [0.25, 0.3) is 0 Å². The van der Waals surface area contributed by atoms with E-state index in [4.69, 9.17) is 9.47 Å². The maximum atomic E-state index is 12.7. The molecule has 0 bridgehead atoms. The number of carbonyl (C=O) groups is 2. The number of aryl methyl sites for hydroxylation is 3. The molecule has 1 N–H and O–H groups in total. The van der Waals surface area contributed by atoms with Crippen molar-refractivity contribution in [3.63, 3.8) is 0 Å². The molecule has 1 amide bonds. The first kappa shape index (κ1) is 21.1. The van der Waals surface area contributed by atoms with Gasteiger partial charge in [0.15, 0.2) is 11.5 Å². The minimum absolute atomic E-state index is 0.417. The molecule has 7 heteroatoms. The summed E-state index contributed by atoms with van der Waals surface area (Å²) >= 11 is 0. The Morgan fingerprint density at radius 1 is 1.07 bits per heavy atom. The predicted octanol–water partition coefficient (Wildman–Crippen LogP) is 3.70. The van der Waals surface area contributed by atoms with Crippen molar-refractivity contribution in [2.24, 2.45) is 0 Å². The summed E-state index contributed by atoms with van der Waals surface area (Å²) in [5, 5.41) is 6.91. The van der Waals surface area contributed by atoms with Gasteiger partial charge in [0.25, 0.3) is 11.7 Å². The molecule has 0 aliphatic rings. The lowest BCUT2D eigenvalue weighted by Gasteiger charge is -2.12. The van der Waals surface area contributed by atoms with Gasteiger partial charge in [0.1, 0.15) is 0 Å². The lowest BCUT2D eigenvalue weighted by molar-refractivity contribution is -0.112. The molecule has 3 rings (SSSR count). The van der Waals surface area contributed by atoms with Gasteiger partial charge in [0.2, 0.25) is 0 Å². The zero-order chi connectivity index (χ0) is 21.8. The van der Waals surface area contributed by atoms with Crippen molar-refractivity contribution in [1.82, 2.24) is 9.78 Å². The van der Waals surface area contributed by atoms with Crippen molar-refractivity contribution in [1.29, 1.82) is 0 Å². The van der Waals surface area contributed by atoms with E-state index in [1.54, 1.807) is 25.1 Å². The van der Waals surface area contributed by atoms with Crippen LogP contribution in [0.2, 0.25) is 0 Å². The van der Waals surface area contributed by atoms with E-state index in [1.807, 2.05) is 51.1 Å². The summed E-state index contributed by atoms with van der Waals surface area (Å²) in [6.45, 7) is 6.04. The van der Waals surface area contributed by atoms with E-state index in [-0.39, 0.29) is 0 Å². The third kappa shape index (κ3) is 4.35. The molecule has 156 valence electrons. The number of nitrogens with zero attached hydrogens (tertiary/aromatic N) is 2. The fourth-order valence-corrected chi connectivity index (χ4v) is 3.61. The first-order chi connectivity index (χ1) is 14.3. The highest BCUT2D eigenvalue weighted by Crippen LogP contribution is 2.31. The molecule has 2 aromatic carbocycles. The third-order valence-corrected chi connectivity index (χ3v) is 4.82. The molecule has 0 unspecified atom stereocenters. The summed E-state index contributed by atoms with van der Waals surface area (Å²) in [5.74, 6) is 0.00230. The van der Waals surface area contributed by atoms with E-state index >= 15 is 0 Å². The second-order valence-corrected chi connectivity index (χ2v) is 7.14. The number of hydrogen-bond acceptors (Lipinski definition) is 5. The van der Waals surface area contributed by atoms with Crippen molar-refractivity contribution in [2.45, 2.75) is 27.3 Å². The number of carbonyl (C=O) groups excluding carboxylic acids is 2. The molecule has 0 atom stereocenters. The minimum atomic E-state index is -0.691. The van der Waals surface area contributed by atoms with E-state index in [0.717, 1.165) is 22.3 Å². The van der Waals surface area contributed by atoms with Gasteiger partial charge < -0.3 is 14.8 Å². The predicted molar refractivity (Wildman–Crippen MR) is 114 cm³/mol. The smallest absolute Gasteiger partial charge is 0.296 e. The molecule has 0 spiro atoms. The van der Waals surface area contributed by atoms with Crippen LogP contribution < -0.4 is 14.8 Å². The summed E-state index contributed by atoms with van der Waals surface area (Å²) in [4.78, 5) is 25.2. The van der Waals surface area contributed by atoms with Crippen LogP contribution in [0, 0.1) is 20.8 Å². The van der Waals surface area contributed by atoms with Gasteiger partial charge in [-0.3, -0.25) is 14.3 Å². The van der Waals surface area contributed by atoms with Crippen LogP contribution in [0.3, 0.4) is 0 Å². The van der Waals surface area contributed by atoms with Crippen LogP contribution in [-0.4, -0.2) is 35.7 Å². The largest absolute Gasteiger partial charge is 0.493 e. The minimum Gasteiger partial charge on any atom is -0.493 e. The first-order valence-corrected chi connectivity index (χ1v) is 9.50. The van der Waals surface area contributed by atoms with Crippen LogP contribution in [0.15, 0.2) is 42.7 Å². The number of hydrogen-bond donors (Lipinski definition) is 1. The van der Waals surface area contributed by atoms with Crippen molar-refractivity contribution in [3.8, 4) is 11.5 Å². The number of ketones is 1. The number of ether oxygens (including phenoxy) is 2. The fourth-order valence-electron chi connectivity index (χ4n) is 3.61. The molecule has 0 radical (unpaired) electrons. The van der Waals surface area contributed by atoms with E-state index in [2.05, 4.69) is 10.4 Å². The Bertz CT molecular complexity index is 1080. The number of nitrogens with one attached hydrogen (secondary N) is 1. The Balaban J connectivity index is 1.75. The summed E-state index contributed by atoms with van der Waals surface area (Å²) in [7, 11) is 3.16. The van der Waals surface area contributed by atoms with Crippen LogP contribution >= 0.6 is 0 Å². The number of para-hydroxylation sites is 1. The Morgan fingerprint density at radius 3 is 2.40 bits per heavy atom. The normalized spacial score (nSPS) is 10.6. The second kappa shape index (κ2) is 8.82. The molecule has 1 heterocycles. The molecule has 0 fully saturated rings. The molecule has 1 aromatic heterocycles. The highest BCUT2D eigenvalue weighted by molar-refractivity contribution is 6.47. The lowest BCUT2D eigenvalue weighted by atomic mass is 9.96. The zero-order valence-corrected chi connectivity index (χ0v) is 17.8. The highest BCUT2D eigenvalue weighted by atomic mass is 16.5. The first-order valence-electron chi connectivity index (χ1n) is 9.50. The van der Waals surface area contributed by atoms with Gasteiger partial charge in [0, 0.05) is 17.3 Å². The Morgan fingerprint density at radius 2 is 1.77 bits per heavy atom. The Labute approximate surface area is 175 Å². The molecule has 7 nitrogen and oxygen atoms in total. The highest BCUT2D eigenvalue weighted by Gasteiger charge is 2.21. The molecule has 0 saturated heterocycles. The maximum Gasteiger partial charge on any atom is 0.296 e. The van der Waals surface area contributed by atoms with E-state index in [9.17, 15) is 9.59 Å². The van der Waals surface area contributed by atoms with Crippen molar-refractivity contribution >= 4 is 17.4 Å². The number of amides is 1. The molecule has 0 saturated carbocycles. The summed E-state index contributed by atoms with van der Waals surface area (Å²) < 4.78 is 12.4. The average molecular weight is 407 g/mol. The van der Waals surface area contributed by atoms with Crippen molar-refractivity contribution in [3.05, 3.63) is 70.5 Å². The summed E-state index contributed by atoms with van der Waals surface area (Å²) in [5.41, 5.74) is 4.38. The second-order valence-electron chi connectivity index (χ2n) is 7.14. The zero-order valence-electron chi connectivity index (χ0n) is 17.8. The molecule has 3 aromatic rings. The molecule has 0 aliphatic heterocycles. The van der Waals surface area contributed by atoms with Crippen molar-refractivity contribution < 1.29 is 19.1 Å². The monoisotopic (exact) mass is 407 g/mol. The van der Waals surface area contributed by atoms with Gasteiger partial charge in [-0.15, -0.1) is 0 Å². The standard InChI is InChI=1S/C23H25N3O4/c1-14-9-15(2)20(16(3)10-14)21(27)23(28)25-18-11-24-26(13-18)12-17-7-6-8-19(29-4)22(17)30-5/h6-11,13H,12H2,1-5H3,(H,25,28). The van der Waals surface area contributed by atoms with Crippen LogP contribution in [0.5, 0.6) is 11.5 Å². The molecular formula is C23H25N3O4. The SMILES string of the molecule is COc1cccc(Cn2cc(NC(=O)C(=O)c3c(C)cc(C)cc3C)cn2)c1OC. The number of aromatic nitrogens is 2. The number of benzene rings is 2. The summed E-state index contributed by atoms with van der Waals surface area (Å²) in [6.07, 6.45) is 3.17. The Hall–Kier alpha value is -3.61. The molecular weight excluding hydrogens is 382 g/mol. The van der Waals surface area contributed by atoms with Gasteiger partial charge in [-0.1, -0.05) is 29.8 Å². The Kier molecular flexibility index (Phi) is 6.20. The quantitative estimate of drug-likeness (QED) is 0.477. The van der Waals surface area contributed by atoms with Crippen LogP contribution in [0.4, 0.5) is 5.69 Å². The molecule has 30 heavy (non-hydrogen) atoms. The number of Topliss-reactive ketones (excluding diaryl/α,β-unsaturated/α-hetero) is 1. The van der Waals surface area contributed by atoms with E-state index in [1.165, 1.54) is 6.20 Å². The topological polar surface area (TPSA) is 82.5 Å². The number of methoxy groups -OCH3 is 2. The lowest BCUT2D eigenvalue weighted by Crippen LogP contribution is -2.24. The third-order valence-electron chi connectivity index (χ3n) is 4.82. The van der Waals surface area contributed by atoms with E-state index in [0.29, 0.717) is 29.3 Å². The van der Waals surface area contributed by atoms with Gasteiger partial charge in [-0.25, -0.2) is 0 Å². The fraction of sp³-hybridized carbons (Fsp3) is 0.261. The summed E-state index contributed by atoms with van der Waals surface area (Å²) in [6, 6.07) is 9.39. The van der Waals surface area contributed by atoms with Crippen molar-refractivity contribution in [2.75, 3.05) is 19.5 Å². The van der Waals surface area contributed by atoms with Crippen LogP contribution in [0.1, 0.15) is 32.6 Å². The maximum absolute atomic E-state index is 12.7. The molecule has 0 aliphatic carbocycles. The van der Waals surface area contributed by atoms with Crippen LogP contribution in [-0.2, 0) is 11.3 Å².